The van der Waals surface area contributed by atoms with Crippen LogP contribution >= 0.6 is 0 Å². The third kappa shape index (κ3) is 3.88. The van der Waals surface area contributed by atoms with Gasteiger partial charge in [0.25, 0.3) is 0 Å². The first-order valence-electron chi connectivity index (χ1n) is 11.2. The summed E-state index contributed by atoms with van der Waals surface area (Å²) in [7, 11) is -3.62. The highest BCUT2D eigenvalue weighted by Gasteiger charge is 2.26. The van der Waals surface area contributed by atoms with Gasteiger partial charge in [0, 0.05) is 33.6 Å². The molecule has 1 saturated carbocycles. The van der Waals surface area contributed by atoms with Crippen LogP contribution < -0.4 is 4.72 Å². The Kier molecular flexibility index (Phi) is 5.32. The van der Waals surface area contributed by atoms with Crippen LogP contribution in [0, 0.1) is 5.92 Å². The van der Waals surface area contributed by atoms with Crippen LogP contribution in [-0.4, -0.2) is 19.4 Å². The lowest BCUT2D eigenvalue weighted by Crippen LogP contribution is -2.38. The lowest BCUT2D eigenvalue weighted by Gasteiger charge is -2.28. The maximum atomic E-state index is 13.4. The molecule has 4 aromatic rings. The van der Waals surface area contributed by atoms with Crippen molar-refractivity contribution >= 4 is 31.7 Å². The molecule has 5 rings (SSSR count). The zero-order valence-electron chi connectivity index (χ0n) is 17.8. The highest BCUT2D eigenvalue weighted by molar-refractivity contribution is 7.89. The van der Waals surface area contributed by atoms with E-state index >= 15 is 0 Å². The first-order chi connectivity index (χ1) is 15.0. The fraction of sp³-hybridized carbons (Fsp3) is 0.308. The number of hydrogen-bond acceptors (Lipinski definition) is 2. The maximum Gasteiger partial charge on any atom is 0.241 e. The highest BCUT2D eigenvalue weighted by atomic mass is 32.2. The summed E-state index contributed by atoms with van der Waals surface area (Å²) in [5.74, 6) is 0.417. The lowest BCUT2D eigenvalue weighted by atomic mass is 9.85. The van der Waals surface area contributed by atoms with Crippen molar-refractivity contribution < 1.29 is 8.42 Å². The standard InChI is InChI=1S/C26H28N2O2S/c1-18(19-9-3-2-4-10-19)28-31(29,30)26-16-15-22(21-12-6-7-13-23(21)26)25-17-20-11-5-8-14-24(20)27-25/h5-8,11-19,27-28H,2-4,9-10H2,1H3. The third-order valence-electron chi connectivity index (χ3n) is 6.69. The molecule has 31 heavy (non-hydrogen) atoms. The van der Waals surface area contributed by atoms with Gasteiger partial charge in [-0.2, -0.15) is 0 Å². The van der Waals surface area contributed by atoms with E-state index in [9.17, 15) is 8.42 Å². The molecule has 0 amide bonds. The van der Waals surface area contributed by atoms with Gasteiger partial charge < -0.3 is 4.98 Å². The molecule has 1 aliphatic rings. The first kappa shape index (κ1) is 20.3. The lowest BCUT2D eigenvalue weighted by molar-refractivity contribution is 0.303. The molecule has 0 aliphatic heterocycles. The molecule has 3 aromatic carbocycles. The predicted molar refractivity (Wildman–Crippen MR) is 128 cm³/mol. The Morgan fingerprint density at radius 1 is 0.903 bits per heavy atom. The summed E-state index contributed by atoms with van der Waals surface area (Å²) in [5, 5.41) is 2.82. The third-order valence-corrected chi connectivity index (χ3v) is 8.31. The Morgan fingerprint density at radius 2 is 1.61 bits per heavy atom. The van der Waals surface area contributed by atoms with Gasteiger partial charge in [0.05, 0.1) is 4.90 Å². The van der Waals surface area contributed by atoms with Crippen LogP contribution in [-0.2, 0) is 10.0 Å². The number of benzene rings is 3. The van der Waals surface area contributed by atoms with E-state index < -0.39 is 10.0 Å². The minimum absolute atomic E-state index is 0.0579. The monoisotopic (exact) mass is 432 g/mol. The summed E-state index contributed by atoms with van der Waals surface area (Å²) in [4.78, 5) is 3.82. The molecule has 0 saturated heterocycles. The zero-order valence-corrected chi connectivity index (χ0v) is 18.6. The number of aromatic nitrogens is 1. The van der Waals surface area contributed by atoms with Crippen molar-refractivity contribution in [1.82, 2.24) is 9.71 Å². The Morgan fingerprint density at radius 3 is 2.39 bits per heavy atom. The molecule has 2 N–H and O–H groups in total. The number of aromatic amines is 1. The Bertz CT molecular complexity index is 1300. The minimum atomic E-state index is -3.62. The SMILES string of the molecule is CC(NS(=O)(=O)c1ccc(-c2cc3ccccc3[nH]2)c2ccccc12)C1CCCCC1. The summed E-state index contributed by atoms with van der Waals surface area (Å²) in [6.07, 6.45) is 5.85. The molecule has 1 aromatic heterocycles. The van der Waals surface area contributed by atoms with Crippen molar-refractivity contribution in [2.45, 2.75) is 50.0 Å². The highest BCUT2D eigenvalue weighted by Crippen LogP contribution is 2.34. The fourth-order valence-corrected chi connectivity index (χ4v) is 6.52. The Labute approximate surface area is 183 Å². The van der Waals surface area contributed by atoms with Crippen LogP contribution in [0.4, 0.5) is 0 Å². The van der Waals surface area contributed by atoms with E-state index in [4.69, 9.17) is 0 Å². The van der Waals surface area contributed by atoms with E-state index in [1.165, 1.54) is 19.3 Å². The van der Waals surface area contributed by atoms with Gasteiger partial charge in [-0.1, -0.05) is 67.8 Å². The molecule has 0 spiro atoms. The van der Waals surface area contributed by atoms with Crippen molar-refractivity contribution in [2.24, 2.45) is 5.92 Å². The minimum Gasteiger partial charge on any atom is -0.355 e. The number of fused-ring (bicyclic) bond motifs is 2. The van der Waals surface area contributed by atoms with Crippen LogP contribution in [0.5, 0.6) is 0 Å². The second kappa shape index (κ2) is 8.13. The van der Waals surface area contributed by atoms with Crippen molar-refractivity contribution in [2.75, 3.05) is 0 Å². The zero-order chi connectivity index (χ0) is 21.4. The van der Waals surface area contributed by atoms with Gasteiger partial charge in [-0.15, -0.1) is 0 Å². The van der Waals surface area contributed by atoms with Gasteiger partial charge in [0.15, 0.2) is 0 Å². The normalized spacial score (nSPS) is 16.7. The molecule has 1 unspecified atom stereocenters. The van der Waals surface area contributed by atoms with Gasteiger partial charge in [-0.3, -0.25) is 0 Å². The molecular formula is C26H28N2O2S. The number of rotatable bonds is 5. The van der Waals surface area contributed by atoms with Gasteiger partial charge in [-0.05, 0) is 49.3 Å². The number of nitrogens with one attached hydrogen (secondary N) is 2. The smallest absolute Gasteiger partial charge is 0.241 e. The molecule has 4 nitrogen and oxygen atoms in total. The molecule has 1 atom stereocenters. The van der Waals surface area contributed by atoms with Crippen LogP contribution in [0.15, 0.2) is 71.6 Å². The number of para-hydroxylation sites is 1. The average molecular weight is 433 g/mol. The average Bonchev–Trinajstić information content (AvgIpc) is 3.22. The van der Waals surface area contributed by atoms with Gasteiger partial charge in [-0.25, -0.2) is 13.1 Å². The van der Waals surface area contributed by atoms with Crippen LogP contribution in [0.1, 0.15) is 39.0 Å². The second-order valence-corrected chi connectivity index (χ2v) is 10.4. The second-order valence-electron chi connectivity index (χ2n) is 8.74. The largest absolute Gasteiger partial charge is 0.355 e. The molecular weight excluding hydrogens is 404 g/mol. The summed E-state index contributed by atoms with van der Waals surface area (Å²) >= 11 is 0. The van der Waals surface area contributed by atoms with E-state index in [-0.39, 0.29) is 6.04 Å². The van der Waals surface area contributed by atoms with E-state index in [0.717, 1.165) is 45.8 Å². The molecule has 1 fully saturated rings. The quantitative estimate of drug-likeness (QED) is 0.392. The maximum absolute atomic E-state index is 13.4. The van der Waals surface area contributed by atoms with Crippen molar-refractivity contribution in [3.8, 4) is 11.3 Å². The summed E-state index contributed by atoms with van der Waals surface area (Å²) in [5.41, 5.74) is 3.07. The molecule has 160 valence electrons. The van der Waals surface area contributed by atoms with Gasteiger partial charge in [0.1, 0.15) is 0 Å². The van der Waals surface area contributed by atoms with Gasteiger partial charge in [0.2, 0.25) is 10.0 Å². The van der Waals surface area contributed by atoms with E-state index in [1.807, 2.05) is 49.4 Å². The Hall–Kier alpha value is -2.63. The van der Waals surface area contributed by atoms with E-state index in [1.54, 1.807) is 6.07 Å². The summed E-state index contributed by atoms with van der Waals surface area (Å²) in [6, 6.07) is 21.7. The van der Waals surface area contributed by atoms with E-state index in [0.29, 0.717) is 10.8 Å². The molecule has 1 heterocycles. The first-order valence-corrected chi connectivity index (χ1v) is 12.6. The number of hydrogen-bond donors (Lipinski definition) is 2. The number of sulfonamides is 1. The molecule has 5 heteroatoms. The number of H-pyrrole nitrogens is 1. The van der Waals surface area contributed by atoms with Gasteiger partial charge >= 0.3 is 0 Å². The van der Waals surface area contributed by atoms with Crippen molar-refractivity contribution in [3.63, 3.8) is 0 Å². The predicted octanol–water partition coefficient (Wildman–Crippen LogP) is 6.24. The van der Waals surface area contributed by atoms with Crippen molar-refractivity contribution in [3.05, 3.63) is 66.7 Å². The Balaban J connectivity index is 1.55. The summed E-state index contributed by atoms with van der Waals surface area (Å²) < 4.78 is 29.7. The van der Waals surface area contributed by atoms with Crippen LogP contribution in [0.3, 0.4) is 0 Å². The van der Waals surface area contributed by atoms with E-state index in [2.05, 4.69) is 27.9 Å². The molecule has 0 radical (unpaired) electrons. The fourth-order valence-electron chi connectivity index (χ4n) is 5.00. The van der Waals surface area contributed by atoms with Crippen molar-refractivity contribution in [1.29, 1.82) is 0 Å². The molecule has 1 aliphatic carbocycles. The molecule has 0 bridgehead atoms. The van der Waals surface area contributed by atoms with Crippen LogP contribution in [0.25, 0.3) is 32.9 Å². The summed E-state index contributed by atoms with van der Waals surface area (Å²) in [6.45, 7) is 2.01. The topological polar surface area (TPSA) is 62.0 Å². The van der Waals surface area contributed by atoms with Crippen LogP contribution in [0.2, 0.25) is 0 Å².